The minimum atomic E-state index is -0.940. The van der Waals surface area contributed by atoms with Gasteiger partial charge in [-0.05, 0) is 53.6 Å². The molecule has 3 aromatic rings. The molecule has 0 amide bonds. The van der Waals surface area contributed by atoms with Crippen LogP contribution >= 0.6 is 11.6 Å². The van der Waals surface area contributed by atoms with Crippen LogP contribution in [0, 0.1) is 0 Å². The molecule has 3 rings (SSSR count). The van der Waals surface area contributed by atoms with Gasteiger partial charge in [0, 0.05) is 17.3 Å². The maximum atomic E-state index is 11.0. The highest BCUT2D eigenvalue weighted by Gasteiger charge is 2.04. The standard InChI is InChI=1S/C21H18ClNO3/c22-18-7-1-5-16(10-18)14-26-20-9-2-4-15(11-20)13-23-19-8-3-6-17(12-19)21(24)25/h1-12,23H,13-14H2,(H,24,25). The SMILES string of the molecule is O=C(O)c1cccc(NCc2cccc(OCc3cccc(Cl)c3)c2)c1. The van der Waals surface area contributed by atoms with Crippen LogP contribution in [-0.4, -0.2) is 11.1 Å². The number of carboxylic acids is 1. The molecule has 0 aliphatic carbocycles. The van der Waals surface area contributed by atoms with Gasteiger partial charge in [0.15, 0.2) is 0 Å². The van der Waals surface area contributed by atoms with Crippen LogP contribution in [0.25, 0.3) is 0 Å². The number of aromatic carboxylic acids is 1. The number of carbonyl (C=O) groups is 1. The van der Waals surface area contributed by atoms with Crippen LogP contribution in [0.2, 0.25) is 5.02 Å². The Bertz CT molecular complexity index is 911. The summed E-state index contributed by atoms with van der Waals surface area (Å²) in [4.78, 5) is 11.0. The van der Waals surface area contributed by atoms with E-state index in [4.69, 9.17) is 21.4 Å². The van der Waals surface area contributed by atoms with Gasteiger partial charge in [0.25, 0.3) is 0 Å². The number of hydrogen-bond donors (Lipinski definition) is 2. The van der Waals surface area contributed by atoms with E-state index in [1.807, 2.05) is 54.6 Å². The first kappa shape index (κ1) is 17.8. The highest BCUT2D eigenvalue weighted by Crippen LogP contribution is 2.18. The zero-order valence-electron chi connectivity index (χ0n) is 14.0. The minimum absolute atomic E-state index is 0.258. The molecule has 5 heteroatoms. The van der Waals surface area contributed by atoms with Gasteiger partial charge in [-0.15, -0.1) is 0 Å². The largest absolute Gasteiger partial charge is 0.489 e. The second-order valence-corrected chi connectivity index (χ2v) is 6.24. The van der Waals surface area contributed by atoms with Gasteiger partial charge in [-0.2, -0.15) is 0 Å². The molecular weight excluding hydrogens is 350 g/mol. The van der Waals surface area contributed by atoms with Crippen molar-refractivity contribution in [3.8, 4) is 5.75 Å². The van der Waals surface area contributed by atoms with Crippen LogP contribution in [-0.2, 0) is 13.2 Å². The molecule has 0 spiro atoms. The van der Waals surface area contributed by atoms with E-state index in [0.717, 1.165) is 22.6 Å². The number of hydrogen-bond acceptors (Lipinski definition) is 3. The quantitative estimate of drug-likeness (QED) is 0.600. The van der Waals surface area contributed by atoms with Crippen molar-refractivity contribution in [1.82, 2.24) is 0 Å². The third-order valence-corrected chi connectivity index (χ3v) is 4.03. The Morgan fingerprint density at radius 1 is 0.962 bits per heavy atom. The van der Waals surface area contributed by atoms with Gasteiger partial charge in [0.05, 0.1) is 5.56 Å². The molecule has 4 nitrogen and oxygen atoms in total. The minimum Gasteiger partial charge on any atom is -0.489 e. The Kier molecular flexibility index (Phi) is 5.77. The number of halogens is 1. The fourth-order valence-corrected chi connectivity index (χ4v) is 2.72. The molecule has 132 valence electrons. The van der Waals surface area contributed by atoms with E-state index in [0.29, 0.717) is 18.2 Å². The average molecular weight is 368 g/mol. The van der Waals surface area contributed by atoms with Crippen molar-refractivity contribution in [2.24, 2.45) is 0 Å². The molecule has 0 saturated heterocycles. The van der Waals surface area contributed by atoms with E-state index >= 15 is 0 Å². The second kappa shape index (κ2) is 8.41. The van der Waals surface area contributed by atoms with Crippen LogP contribution in [0.5, 0.6) is 5.75 Å². The first-order chi connectivity index (χ1) is 12.6. The van der Waals surface area contributed by atoms with Gasteiger partial charge in [-0.1, -0.05) is 41.9 Å². The molecule has 3 aromatic carbocycles. The van der Waals surface area contributed by atoms with Gasteiger partial charge >= 0.3 is 5.97 Å². The summed E-state index contributed by atoms with van der Waals surface area (Å²) in [7, 11) is 0. The molecule has 0 heterocycles. The predicted octanol–water partition coefficient (Wildman–Crippen LogP) is 5.23. The fourth-order valence-electron chi connectivity index (χ4n) is 2.50. The zero-order chi connectivity index (χ0) is 18.4. The van der Waals surface area contributed by atoms with Gasteiger partial charge < -0.3 is 15.2 Å². The lowest BCUT2D eigenvalue weighted by atomic mass is 10.2. The average Bonchev–Trinajstić information content (AvgIpc) is 2.65. The summed E-state index contributed by atoms with van der Waals surface area (Å²) in [6, 6.07) is 22.1. The zero-order valence-corrected chi connectivity index (χ0v) is 14.7. The van der Waals surface area contributed by atoms with E-state index in [1.165, 1.54) is 0 Å². The molecule has 0 unspecified atom stereocenters. The Labute approximate surface area is 157 Å². The van der Waals surface area contributed by atoms with Gasteiger partial charge in [-0.3, -0.25) is 0 Å². The summed E-state index contributed by atoms with van der Waals surface area (Å²) in [6.07, 6.45) is 0. The van der Waals surface area contributed by atoms with Crippen molar-refractivity contribution in [2.75, 3.05) is 5.32 Å². The molecular formula is C21H18ClNO3. The van der Waals surface area contributed by atoms with Crippen molar-refractivity contribution in [2.45, 2.75) is 13.2 Å². The highest BCUT2D eigenvalue weighted by atomic mass is 35.5. The number of nitrogens with one attached hydrogen (secondary N) is 1. The molecule has 0 fully saturated rings. The summed E-state index contributed by atoms with van der Waals surface area (Å²) in [5.41, 5.74) is 3.06. The molecule has 0 bridgehead atoms. The van der Waals surface area contributed by atoms with Crippen LogP contribution in [0.15, 0.2) is 72.8 Å². The van der Waals surface area contributed by atoms with Crippen molar-refractivity contribution in [3.05, 3.63) is 94.5 Å². The predicted molar refractivity (Wildman–Crippen MR) is 103 cm³/mol. The molecule has 0 atom stereocenters. The monoisotopic (exact) mass is 367 g/mol. The fraction of sp³-hybridized carbons (Fsp3) is 0.0952. The highest BCUT2D eigenvalue weighted by molar-refractivity contribution is 6.30. The van der Waals surface area contributed by atoms with E-state index < -0.39 is 5.97 Å². The van der Waals surface area contributed by atoms with Gasteiger partial charge in [0.2, 0.25) is 0 Å². The van der Waals surface area contributed by atoms with Gasteiger partial charge in [-0.25, -0.2) is 4.79 Å². The molecule has 0 aliphatic rings. The molecule has 0 aromatic heterocycles. The van der Waals surface area contributed by atoms with Crippen molar-refractivity contribution in [3.63, 3.8) is 0 Å². The van der Waals surface area contributed by atoms with Crippen molar-refractivity contribution in [1.29, 1.82) is 0 Å². The molecule has 0 saturated carbocycles. The van der Waals surface area contributed by atoms with Crippen LogP contribution in [0.4, 0.5) is 5.69 Å². The van der Waals surface area contributed by atoms with E-state index in [9.17, 15) is 4.79 Å². The number of ether oxygens (including phenoxy) is 1. The lowest BCUT2D eigenvalue weighted by Gasteiger charge is -2.10. The van der Waals surface area contributed by atoms with Crippen LogP contribution in [0.3, 0.4) is 0 Å². The summed E-state index contributed by atoms with van der Waals surface area (Å²) in [5, 5.41) is 13.0. The van der Waals surface area contributed by atoms with Crippen molar-refractivity contribution < 1.29 is 14.6 Å². The third kappa shape index (κ3) is 5.01. The molecule has 2 N–H and O–H groups in total. The Morgan fingerprint density at radius 3 is 2.54 bits per heavy atom. The Hall–Kier alpha value is -2.98. The smallest absolute Gasteiger partial charge is 0.335 e. The normalized spacial score (nSPS) is 10.3. The Morgan fingerprint density at radius 2 is 1.73 bits per heavy atom. The topological polar surface area (TPSA) is 58.6 Å². The Balaban J connectivity index is 1.60. The number of anilines is 1. The number of benzene rings is 3. The van der Waals surface area contributed by atoms with Crippen LogP contribution < -0.4 is 10.1 Å². The van der Waals surface area contributed by atoms with E-state index in [-0.39, 0.29) is 5.56 Å². The first-order valence-corrected chi connectivity index (χ1v) is 8.51. The van der Waals surface area contributed by atoms with Crippen LogP contribution in [0.1, 0.15) is 21.5 Å². The first-order valence-electron chi connectivity index (χ1n) is 8.13. The molecule has 0 aliphatic heterocycles. The molecule has 26 heavy (non-hydrogen) atoms. The lowest BCUT2D eigenvalue weighted by Crippen LogP contribution is -2.02. The summed E-state index contributed by atoms with van der Waals surface area (Å²) in [6.45, 7) is 1.01. The van der Waals surface area contributed by atoms with Gasteiger partial charge in [0.1, 0.15) is 12.4 Å². The lowest BCUT2D eigenvalue weighted by molar-refractivity contribution is 0.0697. The second-order valence-electron chi connectivity index (χ2n) is 5.81. The maximum absolute atomic E-state index is 11.0. The number of carboxylic acid groups (broad SMARTS) is 1. The summed E-state index contributed by atoms with van der Waals surface area (Å²) in [5.74, 6) is -0.173. The number of rotatable bonds is 7. The third-order valence-electron chi connectivity index (χ3n) is 3.80. The van der Waals surface area contributed by atoms with E-state index in [2.05, 4.69) is 5.32 Å². The van der Waals surface area contributed by atoms with E-state index in [1.54, 1.807) is 18.2 Å². The van der Waals surface area contributed by atoms with Crippen molar-refractivity contribution >= 4 is 23.3 Å². The summed E-state index contributed by atoms with van der Waals surface area (Å²) >= 11 is 5.98. The molecule has 0 radical (unpaired) electrons. The maximum Gasteiger partial charge on any atom is 0.335 e. The summed E-state index contributed by atoms with van der Waals surface area (Å²) < 4.78 is 5.83.